The molecule has 1 aliphatic rings. The molecular formula is C38H25F16O13P. The van der Waals surface area contributed by atoms with Crippen LogP contribution < -0.4 is 18.9 Å². The third kappa shape index (κ3) is 15.7. The highest BCUT2D eigenvalue weighted by atomic mass is 31.2. The van der Waals surface area contributed by atoms with Gasteiger partial charge in [-0.3, -0.25) is 13.6 Å². The molecule has 0 aromatic heterocycles. The van der Waals surface area contributed by atoms with Crippen molar-refractivity contribution < 1.29 is 131 Å². The van der Waals surface area contributed by atoms with Gasteiger partial charge in [0, 0.05) is 0 Å². The lowest BCUT2D eigenvalue weighted by Gasteiger charge is -2.27. The Bertz CT molecular complexity index is 2440. The molecule has 0 saturated heterocycles. The fourth-order valence-electron chi connectivity index (χ4n) is 5.41. The average Bonchev–Trinajstić information content (AvgIpc) is 3.52. The molecule has 0 saturated carbocycles. The van der Waals surface area contributed by atoms with E-state index in [1.807, 2.05) is 0 Å². The number of hydrogen-bond donors (Lipinski definition) is 1. The summed E-state index contributed by atoms with van der Waals surface area (Å²) in [5, 5.41) is 10.5. The second-order valence-electron chi connectivity index (χ2n) is 13.2. The van der Waals surface area contributed by atoms with E-state index in [1.165, 1.54) is 0 Å². The van der Waals surface area contributed by atoms with Gasteiger partial charge in [0.1, 0.15) is 19.3 Å². The molecule has 2 atom stereocenters. The summed E-state index contributed by atoms with van der Waals surface area (Å²) in [5.74, 6) is -15.2. The lowest BCUT2D eigenvalue weighted by Crippen LogP contribution is -2.35. The Labute approximate surface area is 368 Å². The van der Waals surface area contributed by atoms with Crippen LogP contribution in [0.2, 0.25) is 0 Å². The first-order chi connectivity index (χ1) is 31.5. The maximum atomic E-state index is 14.6. The summed E-state index contributed by atoms with van der Waals surface area (Å²) < 4.78 is 271. The van der Waals surface area contributed by atoms with Crippen LogP contribution in [-0.4, -0.2) is 55.3 Å². The fraction of sp³-hybridized carbons (Fsp3) is 0.289. The maximum Gasteiger partial charge on any atom is 0.573 e. The van der Waals surface area contributed by atoms with Gasteiger partial charge in [0.2, 0.25) is 5.76 Å². The number of ether oxygens (including phenoxy) is 7. The zero-order valence-electron chi connectivity index (χ0n) is 33.0. The van der Waals surface area contributed by atoms with E-state index in [4.69, 9.17) is 27.8 Å². The Kier molecular flexibility index (Phi) is 16.3. The minimum Gasteiger partial charge on any atom is -0.485 e. The van der Waals surface area contributed by atoms with Gasteiger partial charge in [-0.25, -0.2) is 26.9 Å². The molecule has 0 bridgehead atoms. The van der Waals surface area contributed by atoms with Crippen molar-refractivity contribution in [1.29, 1.82) is 0 Å². The molecule has 4 aromatic carbocycles. The van der Waals surface area contributed by atoms with Crippen LogP contribution in [0.1, 0.15) is 22.3 Å². The number of aliphatic hydroxyl groups is 1. The topological polar surface area (TPSA) is 147 Å². The molecule has 30 heteroatoms. The summed E-state index contributed by atoms with van der Waals surface area (Å²) >= 11 is 0. The number of rotatable bonds is 20. The monoisotopic (exact) mass is 1020 g/mol. The van der Waals surface area contributed by atoms with Crippen LogP contribution in [0.4, 0.5) is 70.2 Å². The fourth-order valence-corrected chi connectivity index (χ4v) is 6.73. The van der Waals surface area contributed by atoms with E-state index >= 15 is 0 Å². The van der Waals surface area contributed by atoms with Gasteiger partial charge in [0.05, 0.1) is 19.8 Å². The summed E-state index contributed by atoms with van der Waals surface area (Å²) in [5.41, 5.74) is -1.47. The van der Waals surface area contributed by atoms with Crippen LogP contribution in [0.5, 0.6) is 23.0 Å². The quantitative estimate of drug-likeness (QED) is 0.0509. The molecule has 1 N–H and O–H groups in total. The van der Waals surface area contributed by atoms with Gasteiger partial charge in [-0.1, -0.05) is 24.3 Å². The predicted octanol–water partition coefficient (Wildman–Crippen LogP) is 10.6. The maximum absolute atomic E-state index is 14.6. The Balaban J connectivity index is 1.47. The number of alkyl halides is 12. The highest BCUT2D eigenvalue weighted by Gasteiger charge is 2.47. The summed E-state index contributed by atoms with van der Waals surface area (Å²) in [6, 6.07) is 6.89. The molecule has 0 aliphatic carbocycles. The average molecular weight is 1020 g/mol. The van der Waals surface area contributed by atoms with Crippen molar-refractivity contribution in [3.8, 4) is 23.0 Å². The van der Waals surface area contributed by atoms with Crippen LogP contribution in [0.3, 0.4) is 0 Å². The Hall–Kier alpha value is -6.16. The smallest absolute Gasteiger partial charge is 0.485 e. The largest absolute Gasteiger partial charge is 0.573 e. The number of phosphoric acid groups is 1. The number of halogens is 16. The Morgan fingerprint density at radius 1 is 0.529 bits per heavy atom. The number of esters is 1. The molecule has 1 heterocycles. The van der Waals surface area contributed by atoms with E-state index in [0.29, 0.717) is 48.5 Å². The molecule has 4 aromatic rings. The summed E-state index contributed by atoms with van der Waals surface area (Å²) in [4.78, 5) is 13.2. The standard InChI is InChI=1S/C38H25F16O13P/c39-22-9-18(1-5-26(22)63-35(43,44)45)14-58-32-31(62-34(56)33(32)59-15-19-2-6-27(23(40)10-19)64-36(46,47)48)30(13-55)67-68(57,60-16-20-3-7-28(24(41)11-20)65-37(49,50)51)61-17-21-4-8-29(25(42)12-21)66-38(52,53)54/h1-12,30-31,55H,13-17H2/t30-,31+/m0/s1. The number of benzene rings is 4. The highest BCUT2D eigenvalue weighted by molar-refractivity contribution is 7.48. The molecule has 13 nitrogen and oxygen atoms in total. The number of hydrogen-bond acceptors (Lipinski definition) is 13. The SMILES string of the molecule is O=C1O[C@H]([C@H](CO)OP(=O)(OCc2ccc(OC(F)(F)F)c(F)c2)OCc2ccc(OC(F)(F)F)c(F)c2)C(OCc2ccc(OC(F)(F)F)c(F)c2)=C1OCc1ccc(OC(F)(F)F)c(F)c1. The number of carbonyl (C=O) groups is 1. The van der Waals surface area contributed by atoms with Crippen molar-refractivity contribution in [2.75, 3.05) is 6.61 Å². The molecule has 1 aliphatic heterocycles. The molecule has 372 valence electrons. The van der Waals surface area contributed by atoms with Crippen molar-refractivity contribution in [3.05, 3.63) is 130 Å². The third-order valence-corrected chi connectivity index (χ3v) is 9.55. The van der Waals surface area contributed by atoms with Crippen molar-refractivity contribution in [2.45, 2.75) is 64.1 Å². The lowest BCUT2D eigenvalue weighted by atomic mass is 10.1. The van der Waals surface area contributed by atoms with Crippen LogP contribution >= 0.6 is 7.82 Å². The molecule has 5 rings (SSSR count). The number of aliphatic hydroxyl groups excluding tert-OH is 1. The highest BCUT2D eigenvalue weighted by Crippen LogP contribution is 2.53. The van der Waals surface area contributed by atoms with E-state index in [0.717, 1.165) is 24.3 Å². The van der Waals surface area contributed by atoms with Gasteiger partial charge in [-0.15, -0.1) is 52.7 Å². The minimum absolute atomic E-state index is 0.299. The van der Waals surface area contributed by atoms with Gasteiger partial charge < -0.3 is 38.3 Å². The number of cyclic esters (lactones) is 1. The first-order valence-electron chi connectivity index (χ1n) is 18.0. The van der Waals surface area contributed by atoms with Gasteiger partial charge in [-0.2, -0.15) is 0 Å². The third-order valence-electron chi connectivity index (χ3n) is 8.13. The van der Waals surface area contributed by atoms with Crippen LogP contribution in [0.15, 0.2) is 84.3 Å². The van der Waals surface area contributed by atoms with Gasteiger partial charge in [-0.05, 0) is 70.8 Å². The molecule has 68 heavy (non-hydrogen) atoms. The van der Waals surface area contributed by atoms with E-state index in [2.05, 4.69) is 18.9 Å². The molecule has 0 fully saturated rings. The minimum atomic E-state index is -5.48. The normalized spacial score (nSPS) is 15.2. The summed E-state index contributed by atoms with van der Waals surface area (Å²) in [6.45, 7) is -5.50. The van der Waals surface area contributed by atoms with Crippen molar-refractivity contribution in [1.82, 2.24) is 0 Å². The van der Waals surface area contributed by atoms with Gasteiger partial charge >= 0.3 is 39.2 Å². The first kappa shape index (κ1) is 52.8. The first-order valence-corrected chi connectivity index (χ1v) is 19.5. The van der Waals surface area contributed by atoms with Crippen LogP contribution in [-0.2, 0) is 63.6 Å². The summed E-state index contributed by atoms with van der Waals surface area (Å²) in [7, 11) is -5.48. The zero-order chi connectivity index (χ0) is 50.4. The molecule has 0 spiro atoms. The van der Waals surface area contributed by atoms with Crippen molar-refractivity contribution in [3.63, 3.8) is 0 Å². The van der Waals surface area contributed by atoms with E-state index < -0.39 is 153 Å². The van der Waals surface area contributed by atoms with E-state index in [1.54, 1.807) is 0 Å². The van der Waals surface area contributed by atoms with Crippen LogP contribution in [0.25, 0.3) is 0 Å². The second kappa shape index (κ2) is 21.0. The van der Waals surface area contributed by atoms with Crippen LogP contribution in [0, 0.1) is 23.3 Å². The van der Waals surface area contributed by atoms with Crippen molar-refractivity contribution in [2.24, 2.45) is 0 Å². The van der Waals surface area contributed by atoms with Gasteiger partial charge in [0.15, 0.2) is 58.1 Å². The molecule has 0 amide bonds. The molecule has 0 radical (unpaired) electrons. The van der Waals surface area contributed by atoms with E-state index in [9.17, 15) is 84.7 Å². The van der Waals surface area contributed by atoms with Crippen molar-refractivity contribution >= 4 is 13.8 Å². The number of carbonyl (C=O) groups excluding carboxylic acids is 1. The summed E-state index contributed by atoms with van der Waals surface area (Å²) in [6.07, 6.45) is -25.8. The lowest BCUT2D eigenvalue weighted by molar-refractivity contribution is -0.276. The molecule has 0 unspecified atom stereocenters. The van der Waals surface area contributed by atoms with E-state index in [-0.39, 0.29) is 11.1 Å². The van der Waals surface area contributed by atoms with Gasteiger partial charge in [0.25, 0.3) is 0 Å². The number of phosphoric ester groups is 1. The predicted molar refractivity (Wildman–Crippen MR) is 188 cm³/mol. The Morgan fingerprint density at radius 3 is 1.16 bits per heavy atom. The Morgan fingerprint density at radius 2 is 0.853 bits per heavy atom. The molecular weight excluding hydrogens is 999 g/mol. The second-order valence-corrected chi connectivity index (χ2v) is 14.8. The zero-order valence-corrected chi connectivity index (χ0v) is 33.9.